The van der Waals surface area contributed by atoms with Crippen LogP contribution in [0.3, 0.4) is 0 Å². The van der Waals surface area contributed by atoms with E-state index in [0.717, 1.165) is 0 Å². The third-order valence-electron chi connectivity index (χ3n) is 4.51. The smallest absolute Gasteiger partial charge is 0.272 e. The molecule has 0 bridgehead atoms. The molecular formula is C24H21OSi2. The molecule has 0 aliphatic heterocycles. The zero-order valence-electron chi connectivity index (χ0n) is 15.0. The Balaban J connectivity index is 1.77. The van der Waals surface area contributed by atoms with Crippen LogP contribution in [0.5, 0.6) is 0 Å². The van der Waals surface area contributed by atoms with Gasteiger partial charge < -0.3 is 4.12 Å². The van der Waals surface area contributed by atoms with Gasteiger partial charge in [-0.2, -0.15) is 0 Å². The average Bonchev–Trinajstić information content (AvgIpc) is 2.77. The molecule has 0 atom stereocenters. The van der Waals surface area contributed by atoms with Crippen LogP contribution in [0.25, 0.3) is 0 Å². The number of benzene rings is 4. The van der Waals surface area contributed by atoms with Gasteiger partial charge in [-0.3, -0.25) is 0 Å². The zero-order chi connectivity index (χ0) is 18.3. The van der Waals surface area contributed by atoms with Gasteiger partial charge in [-0.25, -0.2) is 0 Å². The molecule has 0 N–H and O–H groups in total. The number of rotatable bonds is 6. The Hall–Kier alpha value is -2.73. The van der Waals surface area contributed by atoms with Crippen LogP contribution >= 0.6 is 0 Å². The zero-order valence-corrected chi connectivity index (χ0v) is 17.2. The minimum absolute atomic E-state index is 1.29. The lowest BCUT2D eigenvalue weighted by Gasteiger charge is -2.24. The molecule has 0 amide bonds. The summed E-state index contributed by atoms with van der Waals surface area (Å²) in [6, 6.07) is 42.8. The Morgan fingerprint density at radius 2 is 0.778 bits per heavy atom. The second-order valence-electron chi connectivity index (χ2n) is 6.38. The van der Waals surface area contributed by atoms with Gasteiger partial charge in [-0.15, -0.1) is 0 Å². The molecule has 131 valence electrons. The summed E-state index contributed by atoms with van der Waals surface area (Å²) in [4.78, 5) is 0. The Morgan fingerprint density at radius 3 is 1.15 bits per heavy atom. The molecule has 0 fully saturated rings. The fourth-order valence-corrected chi connectivity index (χ4v) is 9.16. The summed E-state index contributed by atoms with van der Waals surface area (Å²) in [5, 5.41) is 5.22. The van der Waals surface area contributed by atoms with E-state index >= 15 is 0 Å². The minimum atomic E-state index is -1.80. The second kappa shape index (κ2) is 8.78. The molecule has 27 heavy (non-hydrogen) atoms. The van der Waals surface area contributed by atoms with Gasteiger partial charge in [-0.1, -0.05) is 121 Å². The maximum atomic E-state index is 7.04. The van der Waals surface area contributed by atoms with E-state index in [9.17, 15) is 0 Å². The fraction of sp³-hybridized carbons (Fsp3) is 0. The first kappa shape index (κ1) is 17.7. The molecule has 1 radical (unpaired) electrons. The van der Waals surface area contributed by atoms with Crippen LogP contribution in [0, 0.1) is 0 Å². The van der Waals surface area contributed by atoms with Gasteiger partial charge >= 0.3 is 0 Å². The van der Waals surface area contributed by atoms with Crippen molar-refractivity contribution < 1.29 is 4.12 Å². The van der Waals surface area contributed by atoms with Gasteiger partial charge in [0.1, 0.15) is 0 Å². The normalized spacial score (nSPS) is 11.0. The molecule has 3 heteroatoms. The maximum absolute atomic E-state index is 7.04. The highest BCUT2D eigenvalue weighted by molar-refractivity contribution is 6.91. The van der Waals surface area contributed by atoms with E-state index < -0.39 is 18.1 Å². The van der Waals surface area contributed by atoms with Crippen LogP contribution in [-0.4, -0.2) is 18.1 Å². The molecule has 4 aromatic carbocycles. The van der Waals surface area contributed by atoms with Crippen molar-refractivity contribution in [3.8, 4) is 0 Å². The summed E-state index contributed by atoms with van der Waals surface area (Å²) in [7, 11) is -3.13. The van der Waals surface area contributed by atoms with Gasteiger partial charge in [0.2, 0.25) is 9.04 Å². The summed E-state index contributed by atoms with van der Waals surface area (Å²) < 4.78 is 7.04. The van der Waals surface area contributed by atoms with E-state index in [0.29, 0.717) is 0 Å². The topological polar surface area (TPSA) is 9.23 Å². The third-order valence-corrected chi connectivity index (χ3v) is 10.1. The highest BCUT2D eigenvalue weighted by Gasteiger charge is 2.26. The molecule has 0 saturated carbocycles. The van der Waals surface area contributed by atoms with Crippen molar-refractivity contribution in [3.05, 3.63) is 121 Å². The Kier molecular flexibility index (Phi) is 5.74. The van der Waals surface area contributed by atoms with Crippen molar-refractivity contribution in [1.29, 1.82) is 0 Å². The third kappa shape index (κ3) is 4.34. The maximum Gasteiger partial charge on any atom is 0.272 e. The molecule has 4 rings (SSSR count). The van der Waals surface area contributed by atoms with E-state index in [1.165, 1.54) is 20.7 Å². The fourth-order valence-electron chi connectivity index (χ4n) is 3.18. The summed E-state index contributed by atoms with van der Waals surface area (Å²) in [6.07, 6.45) is 0. The van der Waals surface area contributed by atoms with Crippen molar-refractivity contribution in [2.24, 2.45) is 0 Å². The summed E-state index contributed by atoms with van der Waals surface area (Å²) in [5.41, 5.74) is 0. The molecule has 0 aliphatic carbocycles. The van der Waals surface area contributed by atoms with Gasteiger partial charge in [0.15, 0.2) is 0 Å². The molecule has 0 aliphatic rings. The quantitative estimate of drug-likeness (QED) is 0.466. The van der Waals surface area contributed by atoms with Crippen molar-refractivity contribution in [2.45, 2.75) is 0 Å². The first-order valence-corrected chi connectivity index (χ1v) is 12.2. The van der Waals surface area contributed by atoms with E-state index in [1.807, 2.05) is 0 Å². The summed E-state index contributed by atoms with van der Waals surface area (Å²) in [5.74, 6) is 0. The standard InChI is InChI=1S/C24H21OSi2/c1-5-13-21(14-6-1)26(22-15-7-2-8-16-22)25-27(23-17-9-3-10-18-23)24-19-11-4-12-20-24/h1-20,26H. The monoisotopic (exact) mass is 381 g/mol. The first-order valence-electron chi connectivity index (χ1n) is 9.16. The molecule has 0 aromatic heterocycles. The molecule has 0 spiro atoms. The van der Waals surface area contributed by atoms with E-state index in [4.69, 9.17) is 4.12 Å². The number of hydrogen-bond acceptors (Lipinski definition) is 1. The van der Waals surface area contributed by atoms with Gasteiger partial charge in [0.25, 0.3) is 9.04 Å². The van der Waals surface area contributed by atoms with Crippen molar-refractivity contribution in [2.75, 3.05) is 0 Å². The largest absolute Gasteiger partial charge is 0.444 e. The predicted molar refractivity (Wildman–Crippen MR) is 118 cm³/mol. The minimum Gasteiger partial charge on any atom is -0.444 e. The average molecular weight is 382 g/mol. The van der Waals surface area contributed by atoms with Crippen molar-refractivity contribution in [3.63, 3.8) is 0 Å². The molecule has 1 nitrogen and oxygen atoms in total. The lowest BCUT2D eigenvalue weighted by Crippen LogP contribution is -2.55. The SMILES string of the molecule is c1ccc([Si](O[SiH](c2ccccc2)c2ccccc2)c2ccccc2)cc1. The Labute approximate surface area is 164 Å². The molecule has 0 heterocycles. The van der Waals surface area contributed by atoms with E-state index in [2.05, 4.69) is 121 Å². The predicted octanol–water partition coefficient (Wildman–Crippen LogP) is 2.35. The lowest BCUT2D eigenvalue weighted by atomic mass is 10.4. The van der Waals surface area contributed by atoms with Crippen LogP contribution in [0.4, 0.5) is 0 Å². The lowest BCUT2D eigenvalue weighted by molar-refractivity contribution is 0.633. The van der Waals surface area contributed by atoms with Crippen LogP contribution < -0.4 is 20.7 Å². The Bertz CT molecular complexity index is 785. The molecule has 0 unspecified atom stereocenters. The highest BCUT2D eigenvalue weighted by atomic mass is 28.4. The van der Waals surface area contributed by atoms with Gasteiger partial charge in [0.05, 0.1) is 0 Å². The number of hydrogen-bond donors (Lipinski definition) is 0. The second-order valence-corrected chi connectivity index (χ2v) is 11.2. The first-order chi connectivity index (χ1) is 13.4. The van der Waals surface area contributed by atoms with Crippen molar-refractivity contribution >= 4 is 38.8 Å². The van der Waals surface area contributed by atoms with E-state index in [1.54, 1.807) is 0 Å². The van der Waals surface area contributed by atoms with Crippen LogP contribution in [0.1, 0.15) is 0 Å². The van der Waals surface area contributed by atoms with Crippen LogP contribution in [-0.2, 0) is 4.12 Å². The van der Waals surface area contributed by atoms with Gasteiger partial charge in [0, 0.05) is 0 Å². The molecule has 4 aromatic rings. The van der Waals surface area contributed by atoms with Crippen LogP contribution in [0.15, 0.2) is 121 Å². The molecular weight excluding hydrogens is 360 g/mol. The summed E-state index contributed by atoms with van der Waals surface area (Å²) in [6.45, 7) is 0. The van der Waals surface area contributed by atoms with E-state index in [-0.39, 0.29) is 0 Å². The Morgan fingerprint density at radius 1 is 0.444 bits per heavy atom. The van der Waals surface area contributed by atoms with Crippen molar-refractivity contribution in [1.82, 2.24) is 0 Å². The highest BCUT2D eigenvalue weighted by Crippen LogP contribution is 2.00. The molecule has 0 saturated heterocycles. The summed E-state index contributed by atoms with van der Waals surface area (Å²) >= 11 is 0. The van der Waals surface area contributed by atoms with Gasteiger partial charge in [-0.05, 0) is 20.7 Å². The van der Waals surface area contributed by atoms with Crippen LogP contribution in [0.2, 0.25) is 0 Å².